The predicted octanol–water partition coefficient (Wildman–Crippen LogP) is 2.57. The first-order valence-electron chi connectivity index (χ1n) is 8.33. The number of aliphatic hydroxyl groups excluding tert-OH is 1. The summed E-state index contributed by atoms with van der Waals surface area (Å²) in [5, 5.41) is 15.8. The quantitative estimate of drug-likeness (QED) is 0.775. The molecular weight excluding hydrogens is 302 g/mol. The van der Waals surface area contributed by atoms with Crippen molar-refractivity contribution in [3.05, 3.63) is 48.5 Å². The van der Waals surface area contributed by atoms with Crippen molar-refractivity contribution >= 4 is 27.8 Å². The third-order valence-corrected chi connectivity index (χ3v) is 4.66. The summed E-state index contributed by atoms with van der Waals surface area (Å²) in [6.07, 6.45) is -0.611. The van der Waals surface area contributed by atoms with E-state index in [1.54, 1.807) is 4.90 Å². The largest absolute Gasteiger partial charge is 0.389 e. The van der Waals surface area contributed by atoms with E-state index in [4.69, 9.17) is 0 Å². The second-order valence-corrected chi connectivity index (χ2v) is 6.55. The highest BCUT2D eigenvalue weighted by Gasteiger charge is 2.27. The zero-order chi connectivity index (χ0) is 16.7. The van der Waals surface area contributed by atoms with Crippen LogP contribution in [0.2, 0.25) is 0 Å². The van der Waals surface area contributed by atoms with Gasteiger partial charge < -0.3 is 19.9 Å². The van der Waals surface area contributed by atoms with Crippen LogP contribution in [0.3, 0.4) is 0 Å². The van der Waals surface area contributed by atoms with Crippen molar-refractivity contribution in [3.63, 3.8) is 0 Å². The van der Waals surface area contributed by atoms with Gasteiger partial charge >= 0.3 is 6.03 Å². The summed E-state index contributed by atoms with van der Waals surface area (Å²) < 4.78 is 2.15. The smallest absolute Gasteiger partial charge is 0.317 e. The number of carbonyl (C=O) groups is 1. The molecule has 2 unspecified atom stereocenters. The van der Waals surface area contributed by atoms with E-state index in [9.17, 15) is 9.90 Å². The Balaban J connectivity index is 1.65. The number of para-hydroxylation sites is 2. The van der Waals surface area contributed by atoms with E-state index >= 15 is 0 Å². The average Bonchev–Trinajstić information content (AvgIpc) is 3.06. The molecule has 0 radical (unpaired) electrons. The number of aromatic nitrogens is 1. The molecule has 1 aliphatic rings. The number of benzene rings is 2. The number of rotatable bonds is 4. The maximum atomic E-state index is 11.8. The van der Waals surface area contributed by atoms with Crippen molar-refractivity contribution < 1.29 is 9.90 Å². The molecule has 5 heteroatoms. The summed E-state index contributed by atoms with van der Waals surface area (Å²) in [5.41, 5.74) is 2.22. The summed E-state index contributed by atoms with van der Waals surface area (Å²) in [6.45, 7) is 3.42. The molecule has 4 rings (SSSR count). The fourth-order valence-corrected chi connectivity index (χ4v) is 3.64. The third-order valence-electron chi connectivity index (χ3n) is 4.66. The topological polar surface area (TPSA) is 57.5 Å². The van der Waals surface area contributed by atoms with Gasteiger partial charge in [0.15, 0.2) is 0 Å². The lowest BCUT2D eigenvalue weighted by Gasteiger charge is -2.20. The molecule has 0 spiro atoms. The van der Waals surface area contributed by atoms with Gasteiger partial charge in [0.25, 0.3) is 0 Å². The Morgan fingerprint density at radius 1 is 1.08 bits per heavy atom. The highest BCUT2D eigenvalue weighted by atomic mass is 16.3. The second-order valence-electron chi connectivity index (χ2n) is 6.55. The minimum atomic E-state index is -0.611. The minimum absolute atomic E-state index is 0.0937. The van der Waals surface area contributed by atoms with Crippen LogP contribution in [0.15, 0.2) is 48.5 Å². The van der Waals surface area contributed by atoms with Gasteiger partial charge in [0.05, 0.1) is 19.2 Å². The Kier molecular flexibility index (Phi) is 3.65. The van der Waals surface area contributed by atoms with Crippen molar-refractivity contribution in [2.45, 2.75) is 25.6 Å². The average molecular weight is 323 g/mol. The lowest BCUT2D eigenvalue weighted by Crippen LogP contribution is -2.36. The number of β-amino-alcohol motifs (C(OH)–C–C–N with tert-alkyl or cyclic N) is 1. The molecule has 1 saturated heterocycles. The van der Waals surface area contributed by atoms with Gasteiger partial charge in [0, 0.05) is 34.4 Å². The zero-order valence-corrected chi connectivity index (χ0v) is 13.6. The molecule has 2 heterocycles. The summed E-state index contributed by atoms with van der Waals surface area (Å²) in [6, 6.07) is 16.5. The number of aliphatic hydroxyl groups is 1. The van der Waals surface area contributed by atoms with E-state index < -0.39 is 6.10 Å². The maximum absolute atomic E-state index is 11.8. The molecular formula is C19H21N3O2. The monoisotopic (exact) mass is 323 g/mol. The number of carbonyl (C=O) groups excluding carboxylic acids is 1. The van der Waals surface area contributed by atoms with E-state index in [1.807, 2.05) is 31.2 Å². The van der Waals surface area contributed by atoms with E-state index in [0.29, 0.717) is 19.6 Å². The van der Waals surface area contributed by atoms with Crippen LogP contribution in [0.4, 0.5) is 4.79 Å². The van der Waals surface area contributed by atoms with Crippen molar-refractivity contribution in [2.75, 3.05) is 13.1 Å². The Labute approximate surface area is 140 Å². The number of hydrogen-bond donors (Lipinski definition) is 2. The summed E-state index contributed by atoms with van der Waals surface area (Å²) in [5.74, 6) is 0. The van der Waals surface area contributed by atoms with Gasteiger partial charge in [-0.1, -0.05) is 36.4 Å². The molecule has 1 aliphatic heterocycles. The fraction of sp³-hybridized carbons (Fsp3) is 0.316. The van der Waals surface area contributed by atoms with Crippen LogP contribution >= 0.6 is 0 Å². The number of amides is 2. The Hall–Kier alpha value is -2.53. The molecule has 2 amide bonds. The van der Waals surface area contributed by atoms with E-state index in [0.717, 1.165) is 11.0 Å². The first kappa shape index (κ1) is 15.0. The number of hydrogen-bond acceptors (Lipinski definition) is 2. The molecule has 1 aromatic heterocycles. The van der Waals surface area contributed by atoms with Crippen molar-refractivity contribution in [1.29, 1.82) is 0 Å². The number of urea groups is 1. The second kappa shape index (κ2) is 5.83. The van der Waals surface area contributed by atoms with Crippen LogP contribution in [-0.4, -0.2) is 45.8 Å². The van der Waals surface area contributed by atoms with Crippen molar-refractivity contribution in [3.8, 4) is 0 Å². The van der Waals surface area contributed by atoms with Gasteiger partial charge in [0.2, 0.25) is 0 Å². The van der Waals surface area contributed by atoms with E-state index in [2.05, 4.69) is 34.1 Å². The SMILES string of the molecule is CC1CN(CC(O)Cn2c3ccccc3c3ccccc32)C(=O)N1. The molecule has 2 aromatic carbocycles. The molecule has 2 N–H and O–H groups in total. The maximum Gasteiger partial charge on any atom is 0.317 e. The lowest BCUT2D eigenvalue weighted by atomic mass is 10.2. The first-order valence-corrected chi connectivity index (χ1v) is 8.33. The first-order chi connectivity index (χ1) is 11.6. The highest BCUT2D eigenvalue weighted by Crippen LogP contribution is 2.28. The Morgan fingerprint density at radius 2 is 1.67 bits per heavy atom. The molecule has 2 atom stereocenters. The van der Waals surface area contributed by atoms with Gasteiger partial charge in [-0.15, -0.1) is 0 Å². The molecule has 124 valence electrons. The molecule has 0 aliphatic carbocycles. The number of nitrogens with one attached hydrogen (secondary N) is 1. The van der Waals surface area contributed by atoms with Crippen LogP contribution < -0.4 is 5.32 Å². The highest BCUT2D eigenvalue weighted by molar-refractivity contribution is 6.07. The number of nitrogens with zero attached hydrogens (tertiary/aromatic N) is 2. The summed E-state index contributed by atoms with van der Waals surface area (Å²) in [7, 11) is 0. The van der Waals surface area contributed by atoms with E-state index in [-0.39, 0.29) is 12.1 Å². The summed E-state index contributed by atoms with van der Waals surface area (Å²) >= 11 is 0. The van der Waals surface area contributed by atoms with Gasteiger partial charge in [-0.3, -0.25) is 0 Å². The van der Waals surface area contributed by atoms with E-state index in [1.165, 1.54) is 10.8 Å². The van der Waals surface area contributed by atoms with Crippen LogP contribution in [0.25, 0.3) is 21.8 Å². The van der Waals surface area contributed by atoms with Gasteiger partial charge in [-0.25, -0.2) is 4.79 Å². The van der Waals surface area contributed by atoms with Gasteiger partial charge in [-0.2, -0.15) is 0 Å². The van der Waals surface area contributed by atoms with Crippen LogP contribution in [-0.2, 0) is 6.54 Å². The fourth-order valence-electron chi connectivity index (χ4n) is 3.64. The Bertz CT molecular complexity index is 849. The molecule has 24 heavy (non-hydrogen) atoms. The molecule has 1 fully saturated rings. The van der Waals surface area contributed by atoms with Crippen LogP contribution in [0.5, 0.6) is 0 Å². The van der Waals surface area contributed by atoms with Crippen molar-refractivity contribution in [2.24, 2.45) is 0 Å². The van der Waals surface area contributed by atoms with Gasteiger partial charge in [0.1, 0.15) is 0 Å². The Morgan fingerprint density at radius 3 is 2.21 bits per heavy atom. The summed E-state index contributed by atoms with van der Waals surface area (Å²) in [4.78, 5) is 13.5. The molecule has 0 saturated carbocycles. The third kappa shape index (κ3) is 2.51. The molecule has 5 nitrogen and oxygen atoms in total. The van der Waals surface area contributed by atoms with Crippen LogP contribution in [0.1, 0.15) is 6.92 Å². The van der Waals surface area contributed by atoms with Crippen molar-refractivity contribution in [1.82, 2.24) is 14.8 Å². The van der Waals surface area contributed by atoms with Gasteiger partial charge in [-0.05, 0) is 19.1 Å². The predicted molar refractivity (Wildman–Crippen MR) is 95.0 cm³/mol. The standard InChI is InChI=1S/C19H21N3O2/c1-13-10-21(19(24)20-13)11-14(23)12-22-17-8-4-2-6-15(17)16-7-3-5-9-18(16)22/h2-9,13-14,23H,10-12H2,1H3,(H,20,24). The molecule has 3 aromatic rings. The lowest BCUT2D eigenvalue weighted by molar-refractivity contribution is 0.117. The minimum Gasteiger partial charge on any atom is -0.389 e. The van der Waals surface area contributed by atoms with Crippen LogP contribution in [0, 0.1) is 0 Å². The molecule has 0 bridgehead atoms. The zero-order valence-electron chi connectivity index (χ0n) is 13.6. The number of fused-ring (bicyclic) bond motifs is 3. The normalized spacial score (nSPS) is 19.2.